The van der Waals surface area contributed by atoms with Crippen LogP contribution in [0.1, 0.15) is 42.1 Å². The van der Waals surface area contributed by atoms with Crippen LogP contribution in [0.5, 0.6) is 5.75 Å². The standard InChI is InChI=1S/C17H22BrNO3/c1-3-4-7-19-17(20)15-10-13(18)11-16(12(15)2)22-14-5-8-21-9-6-14/h4,7,10-11,14H,3,5-6,8-9H2,1-2H3,(H,19,20)/b7-4+. The highest BCUT2D eigenvalue weighted by atomic mass is 79.9. The highest BCUT2D eigenvalue weighted by molar-refractivity contribution is 9.10. The van der Waals surface area contributed by atoms with Crippen molar-refractivity contribution in [3.05, 3.63) is 40.0 Å². The number of hydrogen-bond donors (Lipinski definition) is 1. The van der Waals surface area contributed by atoms with E-state index in [9.17, 15) is 4.79 Å². The van der Waals surface area contributed by atoms with Gasteiger partial charge in [0.25, 0.3) is 5.91 Å². The summed E-state index contributed by atoms with van der Waals surface area (Å²) in [5.41, 5.74) is 1.48. The molecule has 22 heavy (non-hydrogen) atoms. The first-order valence-corrected chi connectivity index (χ1v) is 8.41. The van der Waals surface area contributed by atoms with Gasteiger partial charge in [-0.05, 0) is 25.5 Å². The predicted octanol–water partition coefficient (Wildman–Crippen LogP) is 3.97. The first-order valence-electron chi connectivity index (χ1n) is 7.62. The molecule has 1 aromatic carbocycles. The van der Waals surface area contributed by atoms with Crippen LogP contribution in [0.25, 0.3) is 0 Å². The molecule has 0 saturated carbocycles. The molecule has 1 amide bonds. The molecule has 0 spiro atoms. The molecule has 0 unspecified atom stereocenters. The van der Waals surface area contributed by atoms with Crippen molar-refractivity contribution >= 4 is 21.8 Å². The Labute approximate surface area is 140 Å². The van der Waals surface area contributed by atoms with Crippen LogP contribution in [-0.4, -0.2) is 25.2 Å². The number of ether oxygens (including phenoxy) is 2. The van der Waals surface area contributed by atoms with Crippen LogP contribution in [0.4, 0.5) is 0 Å². The van der Waals surface area contributed by atoms with E-state index in [1.165, 1.54) is 0 Å². The molecule has 1 heterocycles. The minimum atomic E-state index is -0.125. The minimum Gasteiger partial charge on any atom is -0.490 e. The van der Waals surface area contributed by atoms with Crippen molar-refractivity contribution in [2.75, 3.05) is 13.2 Å². The number of rotatable bonds is 5. The van der Waals surface area contributed by atoms with Crippen LogP contribution >= 0.6 is 15.9 Å². The third-order valence-corrected chi connectivity index (χ3v) is 4.06. The zero-order valence-electron chi connectivity index (χ0n) is 13.0. The van der Waals surface area contributed by atoms with Gasteiger partial charge < -0.3 is 14.8 Å². The van der Waals surface area contributed by atoms with Crippen molar-refractivity contribution in [1.29, 1.82) is 0 Å². The Morgan fingerprint density at radius 2 is 2.18 bits per heavy atom. The predicted molar refractivity (Wildman–Crippen MR) is 90.2 cm³/mol. The summed E-state index contributed by atoms with van der Waals surface area (Å²) in [6.07, 6.45) is 6.39. The van der Waals surface area contributed by atoms with Crippen LogP contribution < -0.4 is 10.1 Å². The SMILES string of the molecule is CC/C=C/NC(=O)c1cc(Br)cc(OC2CCOCC2)c1C. The third kappa shape index (κ3) is 4.58. The number of allylic oxidation sites excluding steroid dienone is 1. The number of carbonyl (C=O) groups is 1. The number of benzene rings is 1. The Morgan fingerprint density at radius 1 is 1.45 bits per heavy atom. The Kier molecular flexibility index (Phi) is 6.46. The van der Waals surface area contributed by atoms with E-state index in [0.717, 1.165) is 48.3 Å². The fourth-order valence-corrected chi connectivity index (χ4v) is 2.75. The summed E-state index contributed by atoms with van der Waals surface area (Å²) in [6, 6.07) is 3.74. The van der Waals surface area contributed by atoms with Gasteiger partial charge in [0.2, 0.25) is 0 Å². The van der Waals surface area contributed by atoms with E-state index in [2.05, 4.69) is 21.2 Å². The molecule has 120 valence electrons. The molecule has 1 aromatic rings. The second kappa shape index (κ2) is 8.34. The fourth-order valence-electron chi connectivity index (χ4n) is 2.32. The molecule has 0 radical (unpaired) electrons. The average molecular weight is 368 g/mol. The van der Waals surface area contributed by atoms with Crippen LogP contribution in [0.2, 0.25) is 0 Å². The Hall–Kier alpha value is -1.33. The number of halogens is 1. The first-order chi connectivity index (χ1) is 10.6. The van der Waals surface area contributed by atoms with E-state index < -0.39 is 0 Å². The summed E-state index contributed by atoms with van der Waals surface area (Å²) in [7, 11) is 0. The van der Waals surface area contributed by atoms with Gasteiger partial charge in [-0.2, -0.15) is 0 Å². The molecular weight excluding hydrogens is 346 g/mol. The van der Waals surface area contributed by atoms with Crippen LogP contribution in [-0.2, 0) is 4.74 Å². The van der Waals surface area contributed by atoms with E-state index in [-0.39, 0.29) is 12.0 Å². The summed E-state index contributed by atoms with van der Waals surface area (Å²) in [5.74, 6) is 0.631. The minimum absolute atomic E-state index is 0.125. The summed E-state index contributed by atoms with van der Waals surface area (Å²) >= 11 is 3.46. The number of carbonyl (C=O) groups excluding carboxylic acids is 1. The largest absolute Gasteiger partial charge is 0.490 e. The molecule has 1 N–H and O–H groups in total. The molecule has 2 rings (SSSR count). The van der Waals surface area contributed by atoms with E-state index in [0.29, 0.717) is 5.56 Å². The first kappa shape index (κ1) is 17.0. The maximum absolute atomic E-state index is 12.3. The number of hydrogen-bond acceptors (Lipinski definition) is 3. The molecule has 1 aliphatic rings. The van der Waals surface area contributed by atoms with Crippen molar-refractivity contribution in [3.63, 3.8) is 0 Å². The summed E-state index contributed by atoms with van der Waals surface area (Å²) in [6.45, 7) is 5.39. The van der Waals surface area contributed by atoms with Crippen molar-refractivity contribution in [3.8, 4) is 5.75 Å². The molecule has 0 aliphatic carbocycles. The smallest absolute Gasteiger partial charge is 0.255 e. The van der Waals surface area contributed by atoms with Gasteiger partial charge in [0.1, 0.15) is 11.9 Å². The Balaban J connectivity index is 2.17. The average Bonchev–Trinajstić information content (AvgIpc) is 2.51. The van der Waals surface area contributed by atoms with Crippen molar-refractivity contribution in [2.24, 2.45) is 0 Å². The second-order valence-corrected chi connectivity index (χ2v) is 6.21. The molecule has 1 saturated heterocycles. The van der Waals surface area contributed by atoms with Gasteiger partial charge in [-0.1, -0.05) is 28.9 Å². The van der Waals surface area contributed by atoms with Gasteiger partial charge in [-0.25, -0.2) is 0 Å². The molecule has 4 nitrogen and oxygen atoms in total. The number of nitrogens with one attached hydrogen (secondary N) is 1. The van der Waals surface area contributed by atoms with Crippen molar-refractivity contribution < 1.29 is 14.3 Å². The maximum atomic E-state index is 12.3. The lowest BCUT2D eigenvalue weighted by molar-refractivity contribution is 0.0252. The third-order valence-electron chi connectivity index (χ3n) is 3.60. The van der Waals surface area contributed by atoms with E-state index in [1.54, 1.807) is 6.20 Å². The topological polar surface area (TPSA) is 47.6 Å². The fraction of sp³-hybridized carbons (Fsp3) is 0.471. The van der Waals surface area contributed by atoms with Gasteiger partial charge in [0, 0.05) is 34.6 Å². The Morgan fingerprint density at radius 3 is 2.86 bits per heavy atom. The quantitative estimate of drug-likeness (QED) is 0.856. The summed E-state index contributed by atoms with van der Waals surface area (Å²) in [5, 5.41) is 2.78. The molecule has 0 atom stereocenters. The molecule has 1 fully saturated rings. The van der Waals surface area contributed by atoms with E-state index in [4.69, 9.17) is 9.47 Å². The van der Waals surface area contributed by atoms with Gasteiger partial charge in [-0.3, -0.25) is 4.79 Å². The highest BCUT2D eigenvalue weighted by Gasteiger charge is 2.19. The van der Waals surface area contributed by atoms with Gasteiger partial charge >= 0.3 is 0 Å². The molecule has 1 aliphatic heterocycles. The molecule has 0 aromatic heterocycles. The highest BCUT2D eigenvalue weighted by Crippen LogP contribution is 2.29. The normalized spacial score (nSPS) is 16.0. The van der Waals surface area contributed by atoms with Gasteiger partial charge in [0.05, 0.1) is 13.2 Å². The van der Waals surface area contributed by atoms with E-state index >= 15 is 0 Å². The zero-order chi connectivity index (χ0) is 15.9. The second-order valence-electron chi connectivity index (χ2n) is 5.29. The van der Waals surface area contributed by atoms with Crippen molar-refractivity contribution in [1.82, 2.24) is 5.32 Å². The maximum Gasteiger partial charge on any atom is 0.255 e. The van der Waals surface area contributed by atoms with Gasteiger partial charge in [0.15, 0.2) is 0 Å². The van der Waals surface area contributed by atoms with Crippen LogP contribution in [0.3, 0.4) is 0 Å². The molecule has 0 bridgehead atoms. The van der Waals surface area contributed by atoms with Gasteiger partial charge in [-0.15, -0.1) is 0 Å². The zero-order valence-corrected chi connectivity index (χ0v) is 14.6. The van der Waals surface area contributed by atoms with Crippen LogP contribution in [0, 0.1) is 6.92 Å². The van der Waals surface area contributed by atoms with Crippen LogP contribution in [0.15, 0.2) is 28.9 Å². The Bertz CT molecular complexity index is 551. The summed E-state index contributed by atoms with van der Waals surface area (Å²) in [4.78, 5) is 12.3. The molecular formula is C17H22BrNO3. The van der Waals surface area contributed by atoms with Crippen molar-refractivity contribution in [2.45, 2.75) is 39.2 Å². The lowest BCUT2D eigenvalue weighted by Gasteiger charge is -2.24. The summed E-state index contributed by atoms with van der Waals surface area (Å²) < 4.78 is 12.3. The lowest BCUT2D eigenvalue weighted by Crippen LogP contribution is -2.26. The lowest BCUT2D eigenvalue weighted by atomic mass is 10.1. The number of amides is 1. The van der Waals surface area contributed by atoms with E-state index in [1.807, 2.05) is 32.1 Å². The monoisotopic (exact) mass is 367 g/mol. The molecule has 5 heteroatoms.